The van der Waals surface area contributed by atoms with Gasteiger partial charge in [-0.05, 0) is 43.5 Å². The van der Waals surface area contributed by atoms with Crippen LogP contribution in [0.3, 0.4) is 0 Å². The highest BCUT2D eigenvalue weighted by Gasteiger charge is 2.19. The van der Waals surface area contributed by atoms with Crippen molar-refractivity contribution >= 4 is 11.5 Å². The van der Waals surface area contributed by atoms with Crippen LogP contribution in [0.2, 0.25) is 0 Å². The molecule has 110 valence electrons. The molecule has 0 spiro atoms. The number of rotatable bonds is 8. The second-order valence-electron chi connectivity index (χ2n) is 5.90. The summed E-state index contributed by atoms with van der Waals surface area (Å²) >= 11 is 0. The van der Waals surface area contributed by atoms with Gasteiger partial charge in [0.25, 0.3) is 0 Å². The molecule has 0 bridgehead atoms. The van der Waals surface area contributed by atoms with Crippen LogP contribution in [0, 0.1) is 0 Å². The van der Waals surface area contributed by atoms with Crippen LogP contribution < -0.4 is 4.90 Å². The van der Waals surface area contributed by atoms with E-state index in [0.29, 0.717) is 0 Å². The van der Waals surface area contributed by atoms with Gasteiger partial charge in [0, 0.05) is 24.3 Å². The highest BCUT2D eigenvalue weighted by atomic mass is 16.1. The lowest BCUT2D eigenvalue weighted by Gasteiger charge is -2.19. The van der Waals surface area contributed by atoms with Crippen molar-refractivity contribution in [3.8, 4) is 0 Å². The summed E-state index contributed by atoms with van der Waals surface area (Å²) < 4.78 is 0. The van der Waals surface area contributed by atoms with Gasteiger partial charge in [-0.25, -0.2) is 0 Å². The molecule has 20 heavy (non-hydrogen) atoms. The minimum absolute atomic E-state index is 0.169. The largest absolute Gasteiger partial charge is 0.371 e. The van der Waals surface area contributed by atoms with Crippen LogP contribution >= 0.6 is 0 Å². The fourth-order valence-electron chi connectivity index (χ4n) is 3.00. The van der Waals surface area contributed by atoms with Crippen molar-refractivity contribution in [3.63, 3.8) is 0 Å². The summed E-state index contributed by atoms with van der Waals surface area (Å²) in [6.45, 7) is 6.19. The first kappa shape index (κ1) is 15.1. The molecule has 1 aromatic carbocycles. The Hall–Kier alpha value is -1.31. The summed E-state index contributed by atoms with van der Waals surface area (Å²) in [7, 11) is 0. The van der Waals surface area contributed by atoms with Crippen molar-refractivity contribution in [2.75, 3.05) is 18.0 Å². The summed E-state index contributed by atoms with van der Waals surface area (Å²) in [4.78, 5) is 13.9. The first-order valence-electron chi connectivity index (χ1n) is 8.11. The van der Waals surface area contributed by atoms with Crippen LogP contribution in [0.25, 0.3) is 0 Å². The van der Waals surface area contributed by atoms with Crippen molar-refractivity contribution < 1.29 is 4.79 Å². The van der Waals surface area contributed by atoms with E-state index in [2.05, 4.69) is 24.0 Å². The van der Waals surface area contributed by atoms with Crippen LogP contribution in [0.1, 0.15) is 68.3 Å². The van der Waals surface area contributed by atoms with E-state index in [1.807, 2.05) is 6.07 Å². The van der Waals surface area contributed by atoms with E-state index in [9.17, 15) is 4.79 Å². The fourth-order valence-corrected chi connectivity index (χ4v) is 3.00. The Balaban J connectivity index is 1.81. The lowest BCUT2D eigenvalue weighted by atomic mass is 10.1. The van der Waals surface area contributed by atoms with Gasteiger partial charge >= 0.3 is 0 Å². The number of Topliss-reactive ketones (excluding diaryl/α,β-unsaturated/α-hetero) is 1. The Morgan fingerprint density at radius 1 is 1.15 bits per heavy atom. The first-order valence-corrected chi connectivity index (χ1v) is 8.11. The molecule has 0 radical (unpaired) electrons. The Morgan fingerprint density at radius 2 is 1.90 bits per heavy atom. The van der Waals surface area contributed by atoms with Gasteiger partial charge in [-0.15, -0.1) is 0 Å². The van der Waals surface area contributed by atoms with Gasteiger partial charge < -0.3 is 4.90 Å². The molecular formula is C18H27NO. The number of unbranched alkanes of at least 4 members (excludes halogenated alkanes) is 5. The molecule has 1 aromatic rings. The normalized spacial score (nSPS) is 13.6. The quantitative estimate of drug-likeness (QED) is 0.509. The third-order valence-corrected chi connectivity index (χ3v) is 4.26. The maximum absolute atomic E-state index is 11.4. The van der Waals surface area contributed by atoms with Crippen LogP contribution in [0.4, 0.5) is 5.69 Å². The molecule has 0 amide bonds. The molecule has 1 aliphatic rings. The molecule has 0 saturated carbocycles. The van der Waals surface area contributed by atoms with Gasteiger partial charge in [0.15, 0.2) is 5.78 Å². The molecule has 2 nitrogen and oxygen atoms in total. The average molecular weight is 273 g/mol. The van der Waals surface area contributed by atoms with Gasteiger partial charge in [0.05, 0.1) is 0 Å². The second kappa shape index (κ2) is 7.47. The van der Waals surface area contributed by atoms with E-state index in [4.69, 9.17) is 0 Å². The lowest BCUT2D eigenvalue weighted by molar-refractivity contribution is 0.101. The lowest BCUT2D eigenvalue weighted by Crippen LogP contribution is -2.21. The minimum Gasteiger partial charge on any atom is -0.371 e. The Labute approximate surface area is 123 Å². The first-order chi connectivity index (χ1) is 9.72. The Kier molecular flexibility index (Phi) is 5.63. The van der Waals surface area contributed by atoms with Crippen LogP contribution in [0.5, 0.6) is 0 Å². The Morgan fingerprint density at radius 3 is 2.65 bits per heavy atom. The second-order valence-corrected chi connectivity index (χ2v) is 5.90. The SMILES string of the molecule is CCCCCCCCN1CCc2cc(C(C)=O)ccc21. The molecule has 0 aliphatic carbocycles. The van der Waals surface area contributed by atoms with Crippen LogP contribution in [0.15, 0.2) is 18.2 Å². The summed E-state index contributed by atoms with van der Waals surface area (Å²) in [5, 5.41) is 0. The van der Waals surface area contributed by atoms with E-state index in [1.165, 1.54) is 56.3 Å². The Bertz CT molecular complexity index is 453. The molecule has 0 atom stereocenters. The molecule has 1 heterocycles. The fraction of sp³-hybridized carbons (Fsp3) is 0.611. The van der Waals surface area contributed by atoms with Crippen molar-refractivity contribution in [2.45, 2.75) is 58.8 Å². The third kappa shape index (κ3) is 3.84. The number of hydrogen-bond acceptors (Lipinski definition) is 2. The maximum atomic E-state index is 11.4. The predicted octanol–water partition coefficient (Wildman–Crippen LogP) is 4.61. The summed E-state index contributed by atoms with van der Waals surface area (Å²) in [6.07, 6.45) is 9.17. The van der Waals surface area contributed by atoms with Gasteiger partial charge in [-0.1, -0.05) is 39.0 Å². The van der Waals surface area contributed by atoms with E-state index in [1.54, 1.807) is 6.92 Å². The molecule has 2 heteroatoms. The molecule has 2 rings (SSSR count). The van der Waals surface area contributed by atoms with E-state index in [0.717, 1.165) is 18.5 Å². The van der Waals surface area contributed by atoms with Crippen molar-refractivity contribution in [1.82, 2.24) is 0 Å². The number of hydrogen-bond donors (Lipinski definition) is 0. The number of carbonyl (C=O) groups excluding carboxylic acids is 1. The molecule has 0 fully saturated rings. The van der Waals surface area contributed by atoms with Gasteiger partial charge in [-0.3, -0.25) is 4.79 Å². The van der Waals surface area contributed by atoms with E-state index in [-0.39, 0.29) is 5.78 Å². The van der Waals surface area contributed by atoms with Gasteiger partial charge in [0.2, 0.25) is 0 Å². The zero-order chi connectivity index (χ0) is 14.4. The molecule has 0 N–H and O–H groups in total. The maximum Gasteiger partial charge on any atom is 0.159 e. The highest BCUT2D eigenvalue weighted by molar-refractivity contribution is 5.94. The number of ketones is 1. The topological polar surface area (TPSA) is 20.3 Å². The van der Waals surface area contributed by atoms with Crippen molar-refractivity contribution in [2.24, 2.45) is 0 Å². The number of nitrogens with zero attached hydrogens (tertiary/aromatic N) is 1. The number of carbonyl (C=O) groups is 1. The van der Waals surface area contributed by atoms with Crippen molar-refractivity contribution in [1.29, 1.82) is 0 Å². The van der Waals surface area contributed by atoms with Gasteiger partial charge in [0.1, 0.15) is 0 Å². The van der Waals surface area contributed by atoms with Crippen molar-refractivity contribution in [3.05, 3.63) is 29.3 Å². The van der Waals surface area contributed by atoms with Crippen LogP contribution in [-0.2, 0) is 6.42 Å². The minimum atomic E-state index is 0.169. The number of anilines is 1. The van der Waals surface area contributed by atoms with E-state index < -0.39 is 0 Å². The smallest absolute Gasteiger partial charge is 0.159 e. The molecule has 0 aromatic heterocycles. The number of fused-ring (bicyclic) bond motifs is 1. The standard InChI is InChI=1S/C18H27NO/c1-3-4-5-6-7-8-12-19-13-11-17-14-16(15(2)20)9-10-18(17)19/h9-10,14H,3-8,11-13H2,1-2H3. The summed E-state index contributed by atoms with van der Waals surface area (Å²) in [5.74, 6) is 0.169. The zero-order valence-corrected chi connectivity index (χ0v) is 13.0. The highest BCUT2D eigenvalue weighted by Crippen LogP contribution is 2.29. The monoisotopic (exact) mass is 273 g/mol. The molecule has 0 unspecified atom stereocenters. The molecular weight excluding hydrogens is 246 g/mol. The average Bonchev–Trinajstić information content (AvgIpc) is 2.85. The zero-order valence-electron chi connectivity index (χ0n) is 13.0. The van der Waals surface area contributed by atoms with Crippen LogP contribution in [-0.4, -0.2) is 18.9 Å². The predicted molar refractivity (Wildman–Crippen MR) is 85.7 cm³/mol. The summed E-state index contributed by atoms with van der Waals surface area (Å²) in [5.41, 5.74) is 3.55. The number of benzene rings is 1. The summed E-state index contributed by atoms with van der Waals surface area (Å²) in [6, 6.07) is 6.19. The molecule has 0 saturated heterocycles. The third-order valence-electron chi connectivity index (χ3n) is 4.26. The van der Waals surface area contributed by atoms with Gasteiger partial charge in [-0.2, -0.15) is 0 Å². The van der Waals surface area contributed by atoms with E-state index >= 15 is 0 Å². The molecule has 1 aliphatic heterocycles.